The van der Waals surface area contributed by atoms with Crippen molar-refractivity contribution in [2.45, 2.75) is 13.0 Å². The Kier molecular flexibility index (Phi) is 3.79. The molecule has 84 valence electrons. The van der Waals surface area contributed by atoms with E-state index in [2.05, 4.69) is 42.9 Å². The molecule has 0 saturated heterocycles. The molecule has 0 fully saturated rings. The molecule has 16 heavy (non-hydrogen) atoms. The van der Waals surface area contributed by atoms with Crippen LogP contribution in [0.3, 0.4) is 0 Å². The molecule has 2 rings (SSSR count). The summed E-state index contributed by atoms with van der Waals surface area (Å²) >= 11 is 8.58. The van der Waals surface area contributed by atoms with Crippen LogP contribution >= 0.6 is 43.2 Å². The van der Waals surface area contributed by atoms with Crippen LogP contribution in [0.1, 0.15) is 22.0 Å². The highest BCUT2D eigenvalue weighted by molar-refractivity contribution is 9.13. The molecular weight excluding hydrogens is 352 g/mol. The van der Waals surface area contributed by atoms with Gasteiger partial charge in [-0.05, 0) is 56.0 Å². The third-order valence-corrected chi connectivity index (χ3v) is 5.57. The summed E-state index contributed by atoms with van der Waals surface area (Å²) in [6.07, 6.45) is 3.65. The van der Waals surface area contributed by atoms with Gasteiger partial charge in [0.25, 0.3) is 0 Å². The van der Waals surface area contributed by atoms with Crippen LogP contribution in [0.2, 0.25) is 0 Å². The monoisotopic (exact) mass is 360 g/mol. The van der Waals surface area contributed by atoms with E-state index in [9.17, 15) is 0 Å². The lowest BCUT2D eigenvalue weighted by molar-refractivity contribution is 0.880. The van der Waals surface area contributed by atoms with Crippen molar-refractivity contribution in [3.63, 3.8) is 0 Å². The number of hydrogen-bond acceptors (Lipinski definition) is 3. The molecule has 0 radical (unpaired) electrons. The van der Waals surface area contributed by atoms with Gasteiger partial charge in [-0.1, -0.05) is 6.07 Å². The minimum Gasteiger partial charge on any atom is -0.320 e. The molecule has 0 aliphatic rings. The molecule has 0 aliphatic heterocycles. The number of halogens is 2. The van der Waals surface area contributed by atoms with Gasteiger partial charge in [0.15, 0.2) is 0 Å². The second-order valence-corrected chi connectivity index (χ2v) is 6.80. The first kappa shape index (κ1) is 12.2. The van der Waals surface area contributed by atoms with Gasteiger partial charge >= 0.3 is 0 Å². The maximum absolute atomic E-state index is 6.20. The van der Waals surface area contributed by atoms with E-state index >= 15 is 0 Å². The number of aryl methyl sites for hydroxylation is 1. The molecule has 2 nitrogen and oxygen atoms in total. The normalized spacial score (nSPS) is 12.8. The molecule has 0 bridgehead atoms. The van der Waals surface area contributed by atoms with E-state index in [1.165, 1.54) is 0 Å². The van der Waals surface area contributed by atoms with Crippen LogP contribution in [0.25, 0.3) is 0 Å². The summed E-state index contributed by atoms with van der Waals surface area (Å²) in [7, 11) is 0. The van der Waals surface area contributed by atoms with Crippen molar-refractivity contribution < 1.29 is 0 Å². The van der Waals surface area contributed by atoms with Crippen molar-refractivity contribution in [1.29, 1.82) is 0 Å². The molecule has 0 saturated carbocycles. The summed E-state index contributed by atoms with van der Waals surface area (Å²) in [6.45, 7) is 2.02. The SMILES string of the molecule is Cc1cncc(C(N)c2cc(Br)c(Br)s2)c1. The Morgan fingerprint density at radius 3 is 2.62 bits per heavy atom. The Hall–Kier alpha value is -0.230. The molecule has 2 aromatic rings. The van der Waals surface area contributed by atoms with E-state index in [1.54, 1.807) is 11.3 Å². The lowest BCUT2D eigenvalue weighted by Crippen LogP contribution is -2.10. The fourth-order valence-corrected chi connectivity index (χ4v) is 3.55. The predicted molar refractivity (Wildman–Crippen MR) is 74.7 cm³/mol. The van der Waals surface area contributed by atoms with Gasteiger partial charge < -0.3 is 5.73 Å². The Bertz CT molecular complexity index is 491. The minimum absolute atomic E-state index is 0.111. The second kappa shape index (κ2) is 4.96. The largest absolute Gasteiger partial charge is 0.320 e. The first-order valence-corrected chi connectivity index (χ1v) is 7.10. The van der Waals surface area contributed by atoms with E-state index in [-0.39, 0.29) is 6.04 Å². The van der Waals surface area contributed by atoms with E-state index in [0.29, 0.717) is 0 Å². The molecule has 0 aromatic carbocycles. The predicted octanol–water partition coefficient (Wildman–Crippen LogP) is 4.02. The topological polar surface area (TPSA) is 38.9 Å². The highest BCUT2D eigenvalue weighted by Gasteiger charge is 2.14. The summed E-state index contributed by atoms with van der Waals surface area (Å²) in [5.41, 5.74) is 8.37. The van der Waals surface area contributed by atoms with Crippen LogP contribution in [-0.4, -0.2) is 4.98 Å². The zero-order chi connectivity index (χ0) is 11.7. The van der Waals surface area contributed by atoms with E-state index in [4.69, 9.17) is 5.73 Å². The van der Waals surface area contributed by atoms with Crippen molar-refractivity contribution >= 4 is 43.2 Å². The number of pyridine rings is 1. The van der Waals surface area contributed by atoms with Gasteiger partial charge in [-0.3, -0.25) is 4.98 Å². The molecule has 0 spiro atoms. The minimum atomic E-state index is -0.111. The van der Waals surface area contributed by atoms with Gasteiger partial charge in [-0.25, -0.2) is 0 Å². The molecule has 2 heterocycles. The third-order valence-electron chi connectivity index (χ3n) is 2.23. The number of thiophene rings is 1. The Labute approximate surface area is 115 Å². The van der Waals surface area contributed by atoms with Crippen molar-refractivity contribution in [2.75, 3.05) is 0 Å². The molecule has 2 aromatic heterocycles. The van der Waals surface area contributed by atoms with Gasteiger partial charge in [0.1, 0.15) is 0 Å². The Balaban J connectivity index is 2.35. The first-order chi connectivity index (χ1) is 7.58. The number of hydrogen-bond donors (Lipinski definition) is 1. The lowest BCUT2D eigenvalue weighted by Gasteiger charge is -2.09. The second-order valence-electron chi connectivity index (χ2n) is 3.54. The molecule has 1 atom stereocenters. The maximum atomic E-state index is 6.20. The highest BCUT2D eigenvalue weighted by Crippen LogP contribution is 2.36. The van der Waals surface area contributed by atoms with Crippen LogP contribution in [0.4, 0.5) is 0 Å². The van der Waals surface area contributed by atoms with Crippen LogP contribution in [0.5, 0.6) is 0 Å². The summed E-state index contributed by atoms with van der Waals surface area (Å²) in [6, 6.07) is 4.00. The van der Waals surface area contributed by atoms with Crippen molar-refractivity contribution in [3.8, 4) is 0 Å². The van der Waals surface area contributed by atoms with Gasteiger partial charge in [0.05, 0.1) is 9.83 Å². The summed E-state index contributed by atoms with van der Waals surface area (Å²) in [4.78, 5) is 5.28. The highest BCUT2D eigenvalue weighted by atomic mass is 79.9. The third kappa shape index (κ3) is 2.53. The molecule has 0 amide bonds. The van der Waals surface area contributed by atoms with Gasteiger partial charge in [0, 0.05) is 21.7 Å². The summed E-state index contributed by atoms with van der Waals surface area (Å²) in [5.74, 6) is 0. The van der Waals surface area contributed by atoms with Crippen LogP contribution in [0.15, 0.2) is 32.8 Å². The van der Waals surface area contributed by atoms with E-state index < -0.39 is 0 Å². The maximum Gasteiger partial charge on any atom is 0.0843 e. The van der Waals surface area contributed by atoms with Gasteiger partial charge in [-0.15, -0.1) is 11.3 Å². The fraction of sp³-hybridized carbons (Fsp3) is 0.182. The average molecular weight is 362 g/mol. The Morgan fingerprint density at radius 1 is 1.31 bits per heavy atom. The zero-order valence-corrected chi connectivity index (χ0v) is 12.6. The van der Waals surface area contributed by atoms with E-state index in [1.807, 2.05) is 25.4 Å². The van der Waals surface area contributed by atoms with Crippen molar-refractivity contribution in [1.82, 2.24) is 4.98 Å². The van der Waals surface area contributed by atoms with Gasteiger partial charge in [0.2, 0.25) is 0 Å². The smallest absolute Gasteiger partial charge is 0.0843 e. The fourth-order valence-electron chi connectivity index (χ4n) is 1.43. The van der Waals surface area contributed by atoms with Gasteiger partial charge in [-0.2, -0.15) is 0 Å². The quantitative estimate of drug-likeness (QED) is 0.877. The lowest BCUT2D eigenvalue weighted by atomic mass is 10.1. The number of aromatic nitrogens is 1. The van der Waals surface area contributed by atoms with Crippen LogP contribution in [0, 0.1) is 6.92 Å². The number of nitrogens with two attached hydrogens (primary N) is 1. The van der Waals surface area contributed by atoms with Crippen LogP contribution in [-0.2, 0) is 0 Å². The number of rotatable bonds is 2. The molecule has 0 aliphatic carbocycles. The molecular formula is C11H10Br2N2S. The summed E-state index contributed by atoms with van der Waals surface area (Å²) in [5, 5.41) is 0. The Morgan fingerprint density at radius 2 is 2.06 bits per heavy atom. The van der Waals surface area contributed by atoms with Crippen molar-refractivity contribution in [2.24, 2.45) is 5.73 Å². The molecule has 5 heteroatoms. The van der Waals surface area contributed by atoms with Crippen LogP contribution < -0.4 is 5.73 Å². The average Bonchev–Trinajstić information content (AvgIpc) is 2.58. The molecule has 1 unspecified atom stereocenters. The zero-order valence-electron chi connectivity index (χ0n) is 8.58. The standard InChI is InChI=1S/C11H10Br2N2S/c1-6-2-7(5-15-4-6)10(14)9-3-8(12)11(13)16-9/h2-5,10H,14H2,1H3. The first-order valence-electron chi connectivity index (χ1n) is 4.70. The van der Waals surface area contributed by atoms with E-state index in [0.717, 1.165) is 24.3 Å². The summed E-state index contributed by atoms with van der Waals surface area (Å²) < 4.78 is 2.11. The number of nitrogens with zero attached hydrogens (tertiary/aromatic N) is 1. The van der Waals surface area contributed by atoms with Crippen molar-refractivity contribution in [3.05, 3.63) is 48.8 Å². The molecule has 2 N–H and O–H groups in total.